The topological polar surface area (TPSA) is 29.5 Å². The molecule has 1 heterocycles. The number of phenols is 1. The van der Waals surface area contributed by atoms with E-state index in [1.54, 1.807) is 12.1 Å². The second-order valence-corrected chi connectivity index (χ2v) is 5.92. The van der Waals surface area contributed by atoms with Gasteiger partial charge in [-0.1, -0.05) is 42.5 Å². The number of benzene rings is 2. The molecule has 4 rings (SSSR count). The van der Waals surface area contributed by atoms with E-state index in [9.17, 15) is 5.11 Å². The van der Waals surface area contributed by atoms with Gasteiger partial charge < -0.3 is 9.84 Å². The summed E-state index contributed by atoms with van der Waals surface area (Å²) in [4.78, 5) is 0. The lowest BCUT2D eigenvalue weighted by Crippen LogP contribution is -2.42. The van der Waals surface area contributed by atoms with E-state index in [4.69, 9.17) is 4.74 Å². The van der Waals surface area contributed by atoms with E-state index in [0.29, 0.717) is 29.4 Å². The molecule has 1 saturated heterocycles. The molecule has 1 saturated carbocycles. The van der Waals surface area contributed by atoms with Crippen molar-refractivity contribution in [3.05, 3.63) is 65.7 Å². The quantitative estimate of drug-likeness (QED) is 0.901. The molecule has 0 radical (unpaired) electrons. The fraction of sp³-hybridized carbons (Fsp3) is 0.333. The average Bonchev–Trinajstić information content (AvgIpc) is 2.86. The fourth-order valence-corrected chi connectivity index (χ4v) is 4.00. The third kappa shape index (κ3) is 1.75. The van der Waals surface area contributed by atoms with Crippen LogP contribution in [0, 0.1) is 11.8 Å². The molecule has 1 N–H and O–H groups in total. The number of aromatic hydroxyl groups is 1. The van der Waals surface area contributed by atoms with Crippen LogP contribution in [0.25, 0.3) is 0 Å². The lowest BCUT2D eigenvalue weighted by molar-refractivity contribution is 0.142. The predicted octanol–water partition coefficient (Wildman–Crippen LogP) is 3.54. The van der Waals surface area contributed by atoms with Crippen molar-refractivity contribution in [1.29, 1.82) is 0 Å². The molecule has 2 nitrogen and oxygen atoms in total. The Balaban J connectivity index is 1.71. The van der Waals surface area contributed by atoms with Crippen molar-refractivity contribution in [3.8, 4) is 5.75 Å². The number of fused-ring (bicyclic) bond motifs is 1. The van der Waals surface area contributed by atoms with Crippen molar-refractivity contribution in [2.75, 3.05) is 13.2 Å². The van der Waals surface area contributed by atoms with E-state index in [2.05, 4.69) is 42.5 Å². The summed E-state index contributed by atoms with van der Waals surface area (Å²) in [6.07, 6.45) is 0. The van der Waals surface area contributed by atoms with E-state index < -0.39 is 0 Å². The van der Waals surface area contributed by atoms with Gasteiger partial charge in [-0.15, -0.1) is 0 Å². The Bertz CT molecular complexity index is 591. The van der Waals surface area contributed by atoms with E-state index in [1.807, 2.05) is 0 Å². The Hall–Kier alpha value is -1.80. The van der Waals surface area contributed by atoms with Crippen molar-refractivity contribution < 1.29 is 9.84 Å². The highest BCUT2D eigenvalue weighted by molar-refractivity contribution is 5.38. The van der Waals surface area contributed by atoms with Crippen LogP contribution < -0.4 is 0 Å². The Kier molecular flexibility index (Phi) is 2.78. The molecule has 2 heteroatoms. The Morgan fingerprint density at radius 3 is 1.90 bits per heavy atom. The molecular weight excluding hydrogens is 248 g/mol. The van der Waals surface area contributed by atoms with Crippen molar-refractivity contribution in [2.45, 2.75) is 11.8 Å². The maximum absolute atomic E-state index is 9.47. The summed E-state index contributed by atoms with van der Waals surface area (Å²) in [6, 6.07) is 18.5. The van der Waals surface area contributed by atoms with Crippen LogP contribution in [0.1, 0.15) is 23.0 Å². The average molecular weight is 266 g/mol. The highest BCUT2D eigenvalue weighted by Gasteiger charge is 2.54. The van der Waals surface area contributed by atoms with Crippen molar-refractivity contribution in [2.24, 2.45) is 11.8 Å². The summed E-state index contributed by atoms with van der Waals surface area (Å²) in [5.41, 5.74) is 2.74. The van der Waals surface area contributed by atoms with E-state index in [0.717, 1.165) is 13.2 Å². The molecule has 0 amide bonds. The van der Waals surface area contributed by atoms with Crippen LogP contribution in [0.5, 0.6) is 5.75 Å². The van der Waals surface area contributed by atoms with Gasteiger partial charge in [-0.05, 0) is 46.9 Å². The number of ether oxygens (including phenoxy) is 1. The van der Waals surface area contributed by atoms with Gasteiger partial charge in [-0.25, -0.2) is 0 Å². The van der Waals surface area contributed by atoms with Crippen LogP contribution in [0.15, 0.2) is 54.6 Å². The summed E-state index contributed by atoms with van der Waals surface area (Å²) in [5, 5.41) is 9.47. The SMILES string of the molecule is Oc1ccc([C@@H]2[C@H]3COC[C@H]3[C@@H]2c2ccccc2)cc1. The molecule has 20 heavy (non-hydrogen) atoms. The number of hydrogen-bond donors (Lipinski definition) is 1. The zero-order valence-corrected chi connectivity index (χ0v) is 11.3. The highest BCUT2D eigenvalue weighted by atomic mass is 16.5. The third-order valence-corrected chi connectivity index (χ3v) is 4.94. The molecular formula is C18H18O2. The first kappa shape index (κ1) is 12.0. The van der Waals surface area contributed by atoms with Gasteiger partial charge in [0.1, 0.15) is 5.75 Å². The number of phenolic OH excluding ortho intramolecular Hbond substituents is 1. The van der Waals surface area contributed by atoms with Crippen molar-refractivity contribution in [1.82, 2.24) is 0 Å². The summed E-state index contributed by atoms with van der Waals surface area (Å²) < 4.78 is 5.71. The molecule has 0 bridgehead atoms. The van der Waals surface area contributed by atoms with Crippen LogP contribution in [0.2, 0.25) is 0 Å². The van der Waals surface area contributed by atoms with Gasteiger partial charge >= 0.3 is 0 Å². The summed E-state index contributed by atoms with van der Waals surface area (Å²) >= 11 is 0. The molecule has 2 aliphatic rings. The molecule has 0 spiro atoms. The zero-order chi connectivity index (χ0) is 13.5. The molecule has 4 atom stereocenters. The standard InChI is InChI=1S/C18H18O2/c19-14-8-6-13(7-9-14)18-16-11-20-10-15(16)17(18)12-4-2-1-3-5-12/h1-9,15-19H,10-11H2/t15-,16+,17+,18-/m1/s1. The number of hydrogen-bond acceptors (Lipinski definition) is 2. The van der Waals surface area contributed by atoms with Gasteiger partial charge in [-0.3, -0.25) is 0 Å². The monoisotopic (exact) mass is 266 g/mol. The third-order valence-electron chi connectivity index (χ3n) is 4.94. The first-order valence-corrected chi connectivity index (χ1v) is 7.26. The van der Waals surface area contributed by atoms with Crippen LogP contribution in [0.4, 0.5) is 0 Å². The van der Waals surface area contributed by atoms with Gasteiger partial charge in [0.25, 0.3) is 0 Å². The molecule has 102 valence electrons. The lowest BCUT2D eigenvalue weighted by atomic mass is 9.54. The second-order valence-electron chi connectivity index (χ2n) is 5.92. The Morgan fingerprint density at radius 2 is 1.30 bits per heavy atom. The molecule has 1 aliphatic heterocycles. The lowest BCUT2D eigenvalue weighted by Gasteiger charge is -2.48. The van der Waals surface area contributed by atoms with Gasteiger partial charge in [0.05, 0.1) is 13.2 Å². The Labute approximate surface area is 119 Å². The summed E-state index contributed by atoms with van der Waals surface area (Å²) in [6.45, 7) is 1.76. The maximum Gasteiger partial charge on any atom is 0.115 e. The molecule has 2 fully saturated rings. The minimum Gasteiger partial charge on any atom is -0.508 e. The summed E-state index contributed by atoms with van der Waals surface area (Å²) in [7, 11) is 0. The Morgan fingerprint density at radius 1 is 0.750 bits per heavy atom. The highest BCUT2D eigenvalue weighted by Crippen LogP contribution is 2.60. The van der Waals surface area contributed by atoms with Crippen molar-refractivity contribution >= 4 is 0 Å². The number of rotatable bonds is 2. The molecule has 0 aromatic heterocycles. The van der Waals surface area contributed by atoms with Gasteiger partial charge in [0, 0.05) is 0 Å². The zero-order valence-electron chi connectivity index (χ0n) is 11.3. The van der Waals surface area contributed by atoms with Crippen LogP contribution in [0.3, 0.4) is 0 Å². The van der Waals surface area contributed by atoms with Crippen LogP contribution >= 0.6 is 0 Å². The predicted molar refractivity (Wildman–Crippen MR) is 77.8 cm³/mol. The van der Waals surface area contributed by atoms with Gasteiger partial charge in [0.15, 0.2) is 0 Å². The minimum absolute atomic E-state index is 0.337. The minimum atomic E-state index is 0.337. The first-order chi connectivity index (χ1) is 9.84. The van der Waals surface area contributed by atoms with E-state index >= 15 is 0 Å². The normalized spacial score (nSPS) is 31.6. The molecule has 2 aromatic carbocycles. The van der Waals surface area contributed by atoms with Crippen LogP contribution in [-0.4, -0.2) is 18.3 Å². The van der Waals surface area contributed by atoms with Gasteiger partial charge in [0.2, 0.25) is 0 Å². The molecule has 0 unspecified atom stereocenters. The van der Waals surface area contributed by atoms with E-state index in [-0.39, 0.29) is 0 Å². The molecule has 2 aromatic rings. The van der Waals surface area contributed by atoms with Crippen LogP contribution in [-0.2, 0) is 4.74 Å². The maximum atomic E-state index is 9.47. The fourth-order valence-electron chi connectivity index (χ4n) is 4.00. The van der Waals surface area contributed by atoms with Gasteiger partial charge in [-0.2, -0.15) is 0 Å². The smallest absolute Gasteiger partial charge is 0.115 e. The van der Waals surface area contributed by atoms with Crippen molar-refractivity contribution in [3.63, 3.8) is 0 Å². The summed E-state index contributed by atoms with van der Waals surface area (Å²) in [5.74, 6) is 2.68. The van der Waals surface area contributed by atoms with E-state index in [1.165, 1.54) is 11.1 Å². The molecule has 1 aliphatic carbocycles. The second kappa shape index (κ2) is 4.64. The first-order valence-electron chi connectivity index (χ1n) is 7.26. The largest absolute Gasteiger partial charge is 0.508 e.